The van der Waals surface area contributed by atoms with Crippen molar-refractivity contribution in [1.82, 2.24) is 10.2 Å². The van der Waals surface area contributed by atoms with Crippen LogP contribution >= 0.6 is 0 Å². The quantitative estimate of drug-likeness (QED) is 0.737. The molecule has 0 aliphatic carbocycles. The van der Waals surface area contributed by atoms with Gasteiger partial charge in [0.1, 0.15) is 5.71 Å². The van der Waals surface area contributed by atoms with Gasteiger partial charge in [0.05, 0.1) is 24.1 Å². The lowest BCUT2D eigenvalue weighted by atomic mass is 10.1. The normalized spacial score (nSPS) is 22.1. The van der Waals surface area contributed by atoms with Crippen LogP contribution in [0.3, 0.4) is 0 Å². The number of hydrogen-bond donors (Lipinski definition) is 1. The molecule has 1 atom stereocenters. The SMILES string of the molecule is O=C(NCC1CCCO1)c1ccc(N=C2C(=O)N(CN3CCCCC3)c3ccccc32)cc1. The molecular weight excluding hydrogens is 416 g/mol. The summed E-state index contributed by atoms with van der Waals surface area (Å²) in [5.74, 6) is -0.195. The Morgan fingerprint density at radius 3 is 2.58 bits per heavy atom. The van der Waals surface area contributed by atoms with Crippen LogP contribution in [0.5, 0.6) is 0 Å². The molecule has 7 heteroatoms. The third-order valence-electron chi connectivity index (χ3n) is 6.57. The largest absolute Gasteiger partial charge is 0.376 e. The number of fused-ring (bicyclic) bond motifs is 1. The highest BCUT2D eigenvalue weighted by atomic mass is 16.5. The first-order valence-electron chi connectivity index (χ1n) is 11.9. The van der Waals surface area contributed by atoms with Gasteiger partial charge in [0.15, 0.2) is 0 Å². The molecule has 172 valence electrons. The highest BCUT2D eigenvalue weighted by molar-refractivity contribution is 6.54. The second-order valence-electron chi connectivity index (χ2n) is 8.92. The smallest absolute Gasteiger partial charge is 0.278 e. The fraction of sp³-hybridized carbons (Fsp3) is 0.423. The first kappa shape index (κ1) is 21.8. The molecule has 2 aromatic rings. The van der Waals surface area contributed by atoms with Crippen LogP contribution in [0.15, 0.2) is 53.5 Å². The number of amides is 2. The molecule has 3 aliphatic heterocycles. The Kier molecular flexibility index (Phi) is 6.51. The number of nitrogens with zero attached hydrogens (tertiary/aromatic N) is 3. The van der Waals surface area contributed by atoms with E-state index in [9.17, 15) is 9.59 Å². The van der Waals surface area contributed by atoms with Crippen LogP contribution in [-0.4, -0.2) is 61.4 Å². The second-order valence-corrected chi connectivity index (χ2v) is 8.92. The topological polar surface area (TPSA) is 74.2 Å². The summed E-state index contributed by atoms with van der Waals surface area (Å²) >= 11 is 0. The highest BCUT2D eigenvalue weighted by Gasteiger charge is 2.34. The average molecular weight is 447 g/mol. The lowest BCUT2D eigenvalue weighted by Crippen LogP contribution is -2.43. The first-order valence-corrected chi connectivity index (χ1v) is 11.9. The number of likely N-dealkylation sites (tertiary alicyclic amines) is 1. The number of benzene rings is 2. The second kappa shape index (κ2) is 9.85. The van der Waals surface area contributed by atoms with Crippen LogP contribution < -0.4 is 10.2 Å². The van der Waals surface area contributed by atoms with Gasteiger partial charge in [0.2, 0.25) is 0 Å². The molecule has 0 bridgehead atoms. The maximum atomic E-state index is 13.3. The van der Waals surface area contributed by atoms with E-state index in [0.717, 1.165) is 43.8 Å². The van der Waals surface area contributed by atoms with Gasteiger partial charge in [-0.05, 0) is 69.1 Å². The van der Waals surface area contributed by atoms with E-state index in [-0.39, 0.29) is 17.9 Å². The Morgan fingerprint density at radius 2 is 1.82 bits per heavy atom. The molecule has 2 fully saturated rings. The molecule has 3 aliphatic rings. The van der Waals surface area contributed by atoms with Crippen LogP contribution in [-0.2, 0) is 9.53 Å². The number of hydrogen-bond acceptors (Lipinski definition) is 5. The van der Waals surface area contributed by atoms with Gasteiger partial charge in [0.25, 0.3) is 11.8 Å². The fourth-order valence-electron chi connectivity index (χ4n) is 4.74. The summed E-state index contributed by atoms with van der Waals surface area (Å²) < 4.78 is 5.56. The van der Waals surface area contributed by atoms with Crippen molar-refractivity contribution in [2.45, 2.75) is 38.2 Å². The van der Waals surface area contributed by atoms with Gasteiger partial charge in [-0.25, -0.2) is 4.99 Å². The molecular formula is C26H30N4O3. The molecule has 2 aromatic carbocycles. The Morgan fingerprint density at radius 1 is 1.03 bits per heavy atom. The van der Waals surface area contributed by atoms with Gasteiger partial charge in [-0.3, -0.25) is 19.4 Å². The van der Waals surface area contributed by atoms with Crippen LogP contribution in [0.2, 0.25) is 0 Å². The molecule has 5 rings (SSSR count). The molecule has 33 heavy (non-hydrogen) atoms. The van der Waals surface area contributed by atoms with Gasteiger partial charge in [-0.2, -0.15) is 0 Å². The van der Waals surface area contributed by atoms with Gasteiger partial charge in [-0.1, -0.05) is 24.6 Å². The lowest BCUT2D eigenvalue weighted by molar-refractivity contribution is -0.112. The fourth-order valence-corrected chi connectivity index (χ4v) is 4.74. The van der Waals surface area contributed by atoms with E-state index in [1.807, 2.05) is 29.2 Å². The number of carbonyl (C=O) groups is 2. The minimum absolute atomic E-state index is 0.0693. The molecule has 7 nitrogen and oxygen atoms in total. The van der Waals surface area contributed by atoms with E-state index in [1.165, 1.54) is 19.3 Å². The number of piperidine rings is 1. The predicted molar refractivity (Wildman–Crippen MR) is 128 cm³/mol. The summed E-state index contributed by atoms with van der Waals surface area (Å²) in [7, 11) is 0. The predicted octanol–water partition coefficient (Wildman–Crippen LogP) is 3.51. The highest BCUT2D eigenvalue weighted by Crippen LogP contribution is 2.31. The number of carbonyl (C=O) groups excluding carboxylic acids is 2. The van der Waals surface area contributed by atoms with Crippen molar-refractivity contribution in [2.75, 3.05) is 37.8 Å². The number of aliphatic imine (C=N–C) groups is 1. The number of nitrogens with one attached hydrogen (secondary N) is 1. The molecule has 2 saturated heterocycles. The Balaban J connectivity index is 1.30. The third kappa shape index (κ3) is 4.84. The molecule has 2 amide bonds. The van der Waals surface area contributed by atoms with Crippen LogP contribution in [0, 0.1) is 0 Å². The van der Waals surface area contributed by atoms with Gasteiger partial charge in [0, 0.05) is 24.3 Å². The van der Waals surface area contributed by atoms with E-state index in [4.69, 9.17) is 4.74 Å². The summed E-state index contributed by atoms with van der Waals surface area (Å²) in [4.78, 5) is 34.6. The van der Waals surface area contributed by atoms with Crippen molar-refractivity contribution in [2.24, 2.45) is 4.99 Å². The van der Waals surface area contributed by atoms with Crippen LogP contribution in [0.1, 0.15) is 48.0 Å². The molecule has 0 spiro atoms. The summed E-state index contributed by atoms with van der Waals surface area (Å²) in [6.45, 7) is 3.94. The summed E-state index contributed by atoms with van der Waals surface area (Å²) in [6.07, 6.45) is 5.77. The van der Waals surface area contributed by atoms with Crippen LogP contribution in [0.25, 0.3) is 0 Å². The van der Waals surface area contributed by atoms with Gasteiger partial charge < -0.3 is 10.1 Å². The number of para-hydroxylation sites is 1. The van der Waals surface area contributed by atoms with E-state index in [1.54, 1.807) is 24.3 Å². The van der Waals surface area contributed by atoms with Crippen molar-refractivity contribution in [3.63, 3.8) is 0 Å². The molecule has 0 radical (unpaired) electrons. The van der Waals surface area contributed by atoms with Crippen molar-refractivity contribution in [1.29, 1.82) is 0 Å². The Labute approximate surface area is 194 Å². The Hall–Kier alpha value is -3.03. The van der Waals surface area contributed by atoms with Crippen LogP contribution in [0.4, 0.5) is 11.4 Å². The number of ether oxygens (including phenoxy) is 1. The standard InChI is InChI=1S/C26H30N4O3/c31-25(27-17-21-7-6-16-33-21)19-10-12-20(13-11-19)28-24-22-8-2-3-9-23(22)30(26(24)32)18-29-14-4-1-5-15-29/h2-3,8-13,21H,1,4-7,14-18H2,(H,27,31). The van der Waals surface area contributed by atoms with E-state index >= 15 is 0 Å². The van der Waals surface area contributed by atoms with Crippen molar-refractivity contribution < 1.29 is 14.3 Å². The van der Waals surface area contributed by atoms with Crippen molar-refractivity contribution in [3.8, 4) is 0 Å². The van der Waals surface area contributed by atoms with Gasteiger partial charge >= 0.3 is 0 Å². The van der Waals surface area contributed by atoms with E-state index in [0.29, 0.717) is 30.2 Å². The Bertz CT molecular complexity index is 1040. The molecule has 1 unspecified atom stereocenters. The molecule has 0 aromatic heterocycles. The molecule has 1 N–H and O–H groups in total. The van der Waals surface area contributed by atoms with Crippen molar-refractivity contribution >= 4 is 28.9 Å². The zero-order valence-corrected chi connectivity index (χ0v) is 18.8. The monoisotopic (exact) mass is 446 g/mol. The maximum Gasteiger partial charge on any atom is 0.278 e. The minimum atomic E-state index is -0.125. The number of anilines is 1. The van der Waals surface area contributed by atoms with Gasteiger partial charge in [-0.15, -0.1) is 0 Å². The first-order chi connectivity index (χ1) is 16.2. The van der Waals surface area contributed by atoms with Crippen molar-refractivity contribution in [3.05, 3.63) is 59.7 Å². The average Bonchev–Trinajstić information content (AvgIpc) is 3.47. The van der Waals surface area contributed by atoms with E-state index in [2.05, 4.69) is 15.2 Å². The summed E-state index contributed by atoms with van der Waals surface area (Å²) in [5.41, 5.74) is 3.46. The number of rotatable bonds is 6. The third-order valence-corrected chi connectivity index (χ3v) is 6.57. The molecule has 3 heterocycles. The zero-order chi connectivity index (χ0) is 22.6. The minimum Gasteiger partial charge on any atom is -0.376 e. The molecule has 0 saturated carbocycles. The maximum absolute atomic E-state index is 13.3. The lowest BCUT2D eigenvalue weighted by Gasteiger charge is -2.30. The van der Waals surface area contributed by atoms with E-state index < -0.39 is 0 Å². The summed E-state index contributed by atoms with van der Waals surface area (Å²) in [6, 6.07) is 14.9. The summed E-state index contributed by atoms with van der Waals surface area (Å²) in [5, 5.41) is 2.93. The zero-order valence-electron chi connectivity index (χ0n) is 18.8.